The molecule has 0 spiro atoms. The predicted octanol–water partition coefficient (Wildman–Crippen LogP) is 1.98. The fraction of sp³-hybridized carbons (Fsp3) is 0.308. The van der Waals surface area contributed by atoms with Crippen molar-refractivity contribution in [2.45, 2.75) is 19.4 Å². The molecule has 0 aliphatic carbocycles. The van der Waals surface area contributed by atoms with Crippen molar-refractivity contribution in [1.29, 1.82) is 0 Å². The first-order valence-electron chi connectivity index (χ1n) is 5.30. The van der Waals surface area contributed by atoms with Crippen LogP contribution in [0, 0.1) is 6.92 Å². The maximum absolute atomic E-state index is 10.6. The Bertz CT molecular complexity index is 500. The minimum atomic E-state index is -1.04. The number of aromatic nitrogens is 2. The molecule has 3 nitrogen and oxygen atoms in total. The molecule has 16 heavy (non-hydrogen) atoms. The van der Waals surface area contributed by atoms with Crippen LogP contribution in [0.15, 0.2) is 36.5 Å². The monoisotopic (exact) mass is 216 g/mol. The molecule has 1 atom stereocenters. The normalized spacial score (nSPS) is 14.8. The molecule has 0 aliphatic rings. The van der Waals surface area contributed by atoms with Gasteiger partial charge in [-0.15, -0.1) is 0 Å². The number of aliphatic hydroxyl groups is 1. The Labute approximate surface area is 95.3 Å². The Hall–Kier alpha value is -1.61. The number of hydrogen-bond donors (Lipinski definition) is 1. The second-order valence-electron chi connectivity index (χ2n) is 4.26. The van der Waals surface area contributed by atoms with E-state index in [0.717, 1.165) is 11.1 Å². The van der Waals surface area contributed by atoms with Crippen molar-refractivity contribution < 1.29 is 5.11 Å². The first kappa shape index (κ1) is 10.9. The summed E-state index contributed by atoms with van der Waals surface area (Å²) in [5, 5.41) is 14.8. The van der Waals surface area contributed by atoms with Gasteiger partial charge in [0.1, 0.15) is 5.60 Å². The van der Waals surface area contributed by atoms with Gasteiger partial charge in [-0.25, -0.2) is 0 Å². The molecule has 1 aromatic heterocycles. The summed E-state index contributed by atoms with van der Waals surface area (Å²) < 4.78 is 1.70. The van der Waals surface area contributed by atoms with Crippen molar-refractivity contribution in [2.24, 2.45) is 7.05 Å². The van der Waals surface area contributed by atoms with Gasteiger partial charge in [0, 0.05) is 13.2 Å². The van der Waals surface area contributed by atoms with Crippen LogP contribution >= 0.6 is 0 Å². The van der Waals surface area contributed by atoms with Crippen LogP contribution in [0.2, 0.25) is 0 Å². The smallest absolute Gasteiger partial charge is 0.131 e. The van der Waals surface area contributed by atoms with E-state index in [-0.39, 0.29) is 0 Å². The number of rotatable bonds is 2. The minimum Gasteiger partial charge on any atom is -0.379 e. The molecule has 0 amide bonds. The molecule has 1 N–H and O–H groups in total. The van der Waals surface area contributed by atoms with Gasteiger partial charge in [0.05, 0.1) is 5.69 Å². The lowest BCUT2D eigenvalue weighted by molar-refractivity contribution is 0.0960. The zero-order valence-electron chi connectivity index (χ0n) is 9.81. The van der Waals surface area contributed by atoms with Crippen molar-refractivity contribution >= 4 is 0 Å². The van der Waals surface area contributed by atoms with Crippen LogP contribution in [-0.2, 0) is 12.6 Å². The second-order valence-corrected chi connectivity index (χ2v) is 4.26. The number of benzene rings is 1. The first-order chi connectivity index (χ1) is 7.51. The van der Waals surface area contributed by atoms with Gasteiger partial charge in [0.15, 0.2) is 0 Å². The predicted molar refractivity (Wildman–Crippen MR) is 63.1 cm³/mol. The molecule has 0 fully saturated rings. The minimum absolute atomic E-state index is 0.671. The molecule has 1 aromatic carbocycles. The molecule has 2 rings (SSSR count). The van der Waals surface area contributed by atoms with Crippen LogP contribution < -0.4 is 0 Å². The van der Waals surface area contributed by atoms with Crippen LogP contribution in [-0.4, -0.2) is 14.9 Å². The van der Waals surface area contributed by atoms with Crippen molar-refractivity contribution in [2.75, 3.05) is 0 Å². The highest BCUT2D eigenvalue weighted by Crippen LogP contribution is 2.29. The van der Waals surface area contributed by atoms with Crippen molar-refractivity contribution in [1.82, 2.24) is 9.78 Å². The molecule has 0 saturated carbocycles. The highest BCUT2D eigenvalue weighted by Gasteiger charge is 2.29. The van der Waals surface area contributed by atoms with Crippen molar-refractivity contribution in [3.63, 3.8) is 0 Å². The Morgan fingerprint density at radius 2 is 1.94 bits per heavy atom. The van der Waals surface area contributed by atoms with Crippen LogP contribution in [0.1, 0.15) is 23.7 Å². The lowest BCUT2D eigenvalue weighted by Crippen LogP contribution is -2.24. The maximum Gasteiger partial charge on any atom is 0.131 e. The summed E-state index contributed by atoms with van der Waals surface area (Å²) in [6.45, 7) is 3.77. The average molecular weight is 216 g/mol. The highest BCUT2D eigenvalue weighted by atomic mass is 16.3. The molecule has 1 unspecified atom stereocenters. The van der Waals surface area contributed by atoms with Crippen LogP contribution in [0.4, 0.5) is 0 Å². The van der Waals surface area contributed by atoms with Gasteiger partial charge in [-0.2, -0.15) is 5.10 Å². The SMILES string of the molecule is Cc1ccccc1C(C)(O)c1ccn(C)n1. The van der Waals surface area contributed by atoms with Gasteiger partial charge < -0.3 is 5.11 Å². The van der Waals surface area contributed by atoms with Crippen molar-refractivity contribution in [3.8, 4) is 0 Å². The van der Waals surface area contributed by atoms with Gasteiger partial charge >= 0.3 is 0 Å². The third kappa shape index (κ3) is 1.74. The van der Waals surface area contributed by atoms with Crippen LogP contribution in [0.25, 0.3) is 0 Å². The fourth-order valence-corrected chi connectivity index (χ4v) is 1.93. The zero-order valence-corrected chi connectivity index (χ0v) is 9.81. The van der Waals surface area contributed by atoms with E-state index in [1.807, 2.05) is 50.5 Å². The molecular formula is C13H16N2O. The van der Waals surface area contributed by atoms with E-state index in [0.29, 0.717) is 5.69 Å². The summed E-state index contributed by atoms with van der Waals surface area (Å²) in [6.07, 6.45) is 1.84. The summed E-state index contributed by atoms with van der Waals surface area (Å²) in [7, 11) is 1.84. The van der Waals surface area contributed by atoms with Gasteiger partial charge in [-0.1, -0.05) is 24.3 Å². The van der Waals surface area contributed by atoms with Crippen LogP contribution in [0.5, 0.6) is 0 Å². The van der Waals surface area contributed by atoms with Crippen LogP contribution in [0.3, 0.4) is 0 Å². The van der Waals surface area contributed by atoms with Gasteiger partial charge in [-0.3, -0.25) is 4.68 Å². The summed E-state index contributed by atoms with van der Waals surface area (Å²) in [5.74, 6) is 0. The van der Waals surface area contributed by atoms with Crippen molar-refractivity contribution in [3.05, 3.63) is 53.3 Å². The maximum atomic E-state index is 10.6. The van der Waals surface area contributed by atoms with Gasteiger partial charge in [0.25, 0.3) is 0 Å². The number of nitrogens with zero attached hydrogens (tertiary/aromatic N) is 2. The van der Waals surface area contributed by atoms with Gasteiger partial charge in [0.2, 0.25) is 0 Å². The van der Waals surface area contributed by atoms with E-state index in [2.05, 4.69) is 5.10 Å². The zero-order chi connectivity index (χ0) is 11.8. The third-order valence-corrected chi connectivity index (χ3v) is 2.88. The highest BCUT2D eigenvalue weighted by molar-refractivity contribution is 5.36. The first-order valence-corrected chi connectivity index (χ1v) is 5.30. The van der Waals surface area contributed by atoms with Gasteiger partial charge in [-0.05, 0) is 31.0 Å². The molecular weight excluding hydrogens is 200 g/mol. The number of aryl methyl sites for hydroxylation is 2. The van der Waals surface area contributed by atoms with E-state index in [1.54, 1.807) is 11.6 Å². The molecule has 3 heteroatoms. The Morgan fingerprint density at radius 1 is 1.25 bits per heavy atom. The summed E-state index contributed by atoms with van der Waals surface area (Å²) in [6, 6.07) is 9.66. The molecule has 0 saturated heterocycles. The molecule has 0 bridgehead atoms. The topological polar surface area (TPSA) is 38.0 Å². The Kier molecular flexibility index (Phi) is 2.56. The lowest BCUT2D eigenvalue weighted by atomic mass is 9.89. The standard InChI is InChI=1S/C13H16N2O/c1-10-6-4-5-7-11(10)13(2,16)12-8-9-15(3)14-12/h4-9,16H,1-3H3. The third-order valence-electron chi connectivity index (χ3n) is 2.88. The summed E-state index contributed by atoms with van der Waals surface area (Å²) >= 11 is 0. The molecule has 1 heterocycles. The summed E-state index contributed by atoms with van der Waals surface area (Å²) in [5.41, 5.74) is 1.60. The van der Waals surface area contributed by atoms with E-state index in [9.17, 15) is 5.11 Å². The van der Waals surface area contributed by atoms with E-state index >= 15 is 0 Å². The summed E-state index contributed by atoms with van der Waals surface area (Å²) in [4.78, 5) is 0. The molecule has 2 aromatic rings. The van der Waals surface area contributed by atoms with E-state index in [1.165, 1.54) is 0 Å². The lowest BCUT2D eigenvalue weighted by Gasteiger charge is -2.23. The average Bonchev–Trinajstić information content (AvgIpc) is 2.66. The second kappa shape index (κ2) is 3.76. The molecule has 84 valence electrons. The molecule has 0 aliphatic heterocycles. The largest absolute Gasteiger partial charge is 0.379 e. The number of hydrogen-bond acceptors (Lipinski definition) is 2. The Morgan fingerprint density at radius 3 is 2.50 bits per heavy atom. The fourth-order valence-electron chi connectivity index (χ4n) is 1.93. The van der Waals surface area contributed by atoms with E-state index < -0.39 is 5.60 Å². The quantitative estimate of drug-likeness (QED) is 0.833. The van der Waals surface area contributed by atoms with E-state index in [4.69, 9.17) is 0 Å². The molecule has 0 radical (unpaired) electrons. The Balaban J connectivity index is 2.50.